The van der Waals surface area contributed by atoms with Gasteiger partial charge in [-0.1, -0.05) is 0 Å². The van der Waals surface area contributed by atoms with Gasteiger partial charge in [0.05, 0.1) is 11.9 Å². The zero-order valence-electron chi connectivity index (χ0n) is 10.4. The molecule has 0 fully saturated rings. The molecule has 0 saturated carbocycles. The highest BCUT2D eigenvalue weighted by molar-refractivity contribution is 7.99. The van der Waals surface area contributed by atoms with Crippen LogP contribution in [0.4, 0.5) is 0 Å². The van der Waals surface area contributed by atoms with Crippen molar-refractivity contribution in [2.24, 2.45) is 5.73 Å². The molecule has 0 saturated heterocycles. The van der Waals surface area contributed by atoms with Gasteiger partial charge >= 0.3 is 0 Å². The average molecular weight is 291 g/mol. The van der Waals surface area contributed by atoms with Gasteiger partial charge in [-0.15, -0.1) is 11.3 Å². The molecule has 98 valence electrons. The molecule has 3 heterocycles. The van der Waals surface area contributed by atoms with Crippen LogP contribution in [0.15, 0.2) is 40.2 Å². The third-order valence-corrected chi connectivity index (χ3v) is 4.28. The lowest BCUT2D eigenvalue weighted by molar-refractivity contribution is 0.706. The molecule has 0 spiro atoms. The van der Waals surface area contributed by atoms with E-state index >= 15 is 0 Å². The van der Waals surface area contributed by atoms with Crippen LogP contribution in [0.3, 0.4) is 0 Å². The maximum absolute atomic E-state index is 5.93. The van der Waals surface area contributed by atoms with Gasteiger partial charge in [-0.2, -0.15) is 0 Å². The first-order chi connectivity index (χ1) is 9.24. The van der Waals surface area contributed by atoms with Crippen molar-refractivity contribution in [2.45, 2.75) is 29.4 Å². The molecule has 0 bridgehead atoms. The van der Waals surface area contributed by atoms with Gasteiger partial charge in [0.1, 0.15) is 10.1 Å². The molecule has 3 aromatic rings. The molecule has 7 heteroatoms. The second-order valence-corrected chi connectivity index (χ2v) is 6.13. The summed E-state index contributed by atoms with van der Waals surface area (Å²) in [6.45, 7) is 2.00. The van der Waals surface area contributed by atoms with Crippen LogP contribution in [0.5, 0.6) is 0 Å². The Balaban J connectivity index is 2.00. The largest absolute Gasteiger partial charge is 0.328 e. The third-order valence-electron chi connectivity index (χ3n) is 2.58. The maximum atomic E-state index is 5.93. The summed E-state index contributed by atoms with van der Waals surface area (Å²) in [5, 5.41) is 3.84. The molecule has 0 aliphatic rings. The lowest BCUT2D eigenvalue weighted by Crippen LogP contribution is -2.19. The number of rotatable bonds is 4. The summed E-state index contributed by atoms with van der Waals surface area (Å²) in [6, 6.07) is 0.0982. The number of fused-ring (bicyclic) bond motifs is 1. The Hall–Kier alpha value is -1.44. The van der Waals surface area contributed by atoms with Gasteiger partial charge in [-0.05, 0) is 18.7 Å². The molecule has 1 atom stereocenters. The molecule has 3 rings (SSSR count). The second kappa shape index (κ2) is 5.28. The molecule has 0 radical (unpaired) electrons. The minimum absolute atomic E-state index is 0.0982. The normalized spacial score (nSPS) is 12.9. The SMILES string of the molecule is CC(N)Cc1c(Sc2cnccn2)nc2sccn12. The lowest BCUT2D eigenvalue weighted by atomic mass is 10.2. The van der Waals surface area contributed by atoms with Crippen LogP contribution in [-0.4, -0.2) is 25.4 Å². The fourth-order valence-electron chi connectivity index (χ4n) is 1.82. The number of aromatic nitrogens is 4. The number of hydrogen-bond donors (Lipinski definition) is 1. The molecule has 2 N–H and O–H groups in total. The van der Waals surface area contributed by atoms with Crippen LogP contribution < -0.4 is 5.73 Å². The zero-order valence-corrected chi connectivity index (χ0v) is 12.0. The molecular weight excluding hydrogens is 278 g/mol. The second-order valence-electron chi connectivity index (χ2n) is 4.25. The van der Waals surface area contributed by atoms with Crippen LogP contribution in [0.1, 0.15) is 12.6 Å². The van der Waals surface area contributed by atoms with Gasteiger partial charge in [0.25, 0.3) is 0 Å². The number of thiazole rings is 1. The fourth-order valence-corrected chi connectivity index (χ4v) is 3.47. The van der Waals surface area contributed by atoms with E-state index in [0.717, 1.165) is 27.1 Å². The standard InChI is InChI=1S/C12H13N5S2/c1-8(13)6-9-11(16-12-17(9)4-5-18-12)19-10-7-14-2-3-15-10/h2-5,7-8H,6,13H2,1H3. The smallest absolute Gasteiger partial charge is 0.194 e. The molecular formula is C12H13N5S2. The van der Waals surface area contributed by atoms with Crippen molar-refractivity contribution in [3.8, 4) is 0 Å². The van der Waals surface area contributed by atoms with E-state index in [0.29, 0.717) is 0 Å². The van der Waals surface area contributed by atoms with E-state index in [1.54, 1.807) is 29.9 Å². The van der Waals surface area contributed by atoms with E-state index in [9.17, 15) is 0 Å². The minimum Gasteiger partial charge on any atom is -0.328 e. The van der Waals surface area contributed by atoms with Crippen molar-refractivity contribution in [3.63, 3.8) is 0 Å². The molecule has 19 heavy (non-hydrogen) atoms. The number of hydrogen-bond acceptors (Lipinski definition) is 6. The first kappa shape index (κ1) is 12.6. The third kappa shape index (κ3) is 2.63. The summed E-state index contributed by atoms with van der Waals surface area (Å²) in [5.41, 5.74) is 7.07. The van der Waals surface area contributed by atoms with Gasteiger partial charge in [-0.3, -0.25) is 9.38 Å². The molecule has 5 nitrogen and oxygen atoms in total. The van der Waals surface area contributed by atoms with Crippen molar-refractivity contribution in [3.05, 3.63) is 35.9 Å². The number of imidazole rings is 1. The van der Waals surface area contributed by atoms with Crippen molar-refractivity contribution in [1.82, 2.24) is 19.4 Å². The molecule has 3 aromatic heterocycles. The first-order valence-electron chi connectivity index (χ1n) is 5.88. The van der Waals surface area contributed by atoms with Crippen LogP contribution in [0, 0.1) is 0 Å². The predicted molar refractivity (Wildman–Crippen MR) is 76.6 cm³/mol. The Morgan fingerprint density at radius 2 is 2.37 bits per heavy atom. The highest BCUT2D eigenvalue weighted by atomic mass is 32.2. The van der Waals surface area contributed by atoms with E-state index in [2.05, 4.69) is 19.4 Å². The lowest BCUT2D eigenvalue weighted by Gasteiger charge is -2.06. The summed E-state index contributed by atoms with van der Waals surface area (Å²) in [5.74, 6) is 0. The van der Waals surface area contributed by atoms with Crippen LogP contribution in [0.25, 0.3) is 4.96 Å². The summed E-state index contributed by atoms with van der Waals surface area (Å²) in [4.78, 5) is 14.0. The van der Waals surface area contributed by atoms with Crippen LogP contribution >= 0.6 is 23.1 Å². The van der Waals surface area contributed by atoms with E-state index in [1.165, 1.54) is 11.8 Å². The predicted octanol–water partition coefficient (Wildman–Crippen LogP) is 2.23. The quantitative estimate of drug-likeness (QED) is 0.798. The van der Waals surface area contributed by atoms with Gasteiger partial charge in [0, 0.05) is 36.4 Å². The summed E-state index contributed by atoms with van der Waals surface area (Å²) in [7, 11) is 0. The Morgan fingerprint density at radius 3 is 3.11 bits per heavy atom. The average Bonchev–Trinajstić information content (AvgIpc) is 2.94. The Kier molecular flexibility index (Phi) is 3.50. The van der Waals surface area contributed by atoms with Gasteiger partial charge in [0.15, 0.2) is 4.96 Å². The van der Waals surface area contributed by atoms with E-state index in [1.807, 2.05) is 18.5 Å². The Labute approximate surface area is 118 Å². The number of nitrogens with two attached hydrogens (primary N) is 1. The molecule has 0 aliphatic carbocycles. The van der Waals surface area contributed by atoms with Crippen LogP contribution in [-0.2, 0) is 6.42 Å². The summed E-state index contributed by atoms with van der Waals surface area (Å²) >= 11 is 3.15. The van der Waals surface area contributed by atoms with Crippen molar-refractivity contribution in [1.29, 1.82) is 0 Å². The molecule has 1 unspecified atom stereocenters. The van der Waals surface area contributed by atoms with Crippen molar-refractivity contribution in [2.75, 3.05) is 0 Å². The monoisotopic (exact) mass is 291 g/mol. The van der Waals surface area contributed by atoms with Crippen LogP contribution in [0.2, 0.25) is 0 Å². The molecule has 0 amide bonds. The van der Waals surface area contributed by atoms with E-state index < -0.39 is 0 Å². The van der Waals surface area contributed by atoms with Gasteiger partial charge < -0.3 is 5.73 Å². The molecule has 0 aliphatic heterocycles. The maximum Gasteiger partial charge on any atom is 0.194 e. The summed E-state index contributed by atoms with van der Waals surface area (Å²) in [6.07, 6.45) is 7.92. The Bertz CT molecular complexity index is 674. The summed E-state index contributed by atoms with van der Waals surface area (Å²) < 4.78 is 2.10. The highest BCUT2D eigenvalue weighted by Crippen LogP contribution is 2.30. The highest BCUT2D eigenvalue weighted by Gasteiger charge is 2.16. The first-order valence-corrected chi connectivity index (χ1v) is 7.57. The fraction of sp³-hybridized carbons (Fsp3) is 0.250. The number of nitrogens with zero attached hydrogens (tertiary/aromatic N) is 4. The minimum atomic E-state index is 0.0982. The van der Waals surface area contributed by atoms with Gasteiger partial charge in [-0.25, -0.2) is 9.97 Å². The zero-order chi connectivity index (χ0) is 13.2. The van der Waals surface area contributed by atoms with E-state index in [-0.39, 0.29) is 6.04 Å². The van der Waals surface area contributed by atoms with Crippen molar-refractivity contribution < 1.29 is 0 Å². The topological polar surface area (TPSA) is 69.1 Å². The van der Waals surface area contributed by atoms with E-state index in [4.69, 9.17) is 5.73 Å². The van der Waals surface area contributed by atoms with Crippen molar-refractivity contribution >= 4 is 28.1 Å². The Morgan fingerprint density at radius 1 is 1.47 bits per heavy atom. The van der Waals surface area contributed by atoms with Gasteiger partial charge in [0.2, 0.25) is 0 Å². The molecule has 0 aromatic carbocycles.